The SMILES string of the molecule is CN=Cc1c(-c2ccc(CN3Cc4cccnc4C3=O)c(C)c2)ccc(C(C)(C)O)c1N. The van der Waals surface area contributed by atoms with Gasteiger partial charge in [-0.15, -0.1) is 0 Å². The van der Waals surface area contributed by atoms with E-state index in [-0.39, 0.29) is 5.91 Å². The van der Waals surface area contributed by atoms with Crippen molar-refractivity contribution >= 4 is 17.8 Å². The molecule has 6 heteroatoms. The van der Waals surface area contributed by atoms with Gasteiger partial charge < -0.3 is 15.7 Å². The number of nitrogens with zero attached hydrogens (tertiary/aromatic N) is 3. The van der Waals surface area contributed by atoms with Crippen LogP contribution in [0.4, 0.5) is 5.69 Å². The van der Waals surface area contributed by atoms with Crippen LogP contribution in [0.2, 0.25) is 0 Å². The Hall–Kier alpha value is -3.51. The van der Waals surface area contributed by atoms with E-state index in [0.717, 1.165) is 33.4 Å². The Morgan fingerprint density at radius 1 is 1.25 bits per heavy atom. The van der Waals surface area contributed by atoms with Gasteiger partial charge >= 0.3 is 0 Å². The number of nitrogen functional groups attached to an aromatic ring is 1. The number of rotatable bonds is 5. The minimum atomic E-state index is -1.05. The Bertz CT molecular complexity index is 1220. The summed E-state index contributed by atoms with van der Waals surface area (Å²) in [5.74, 6) is -0.0273. The number of hydrogen-bond acceptors (Lipinski definition) is 5. The maximum Gasteiger partial charge on any atom is 0.273 e. The molecule has 2 aromatic carbocycles. The molecule has 1 aromatic heterocycles. The van der Waals surface area contributed by atoms with E-state index in [1.165, 1.54) is 0 Å². The number of aryl methyl sites for hydroxylation is 1. The summed E-state index contributed by atoms with van der Waals surface area (Å²) in [6.07, 6.45) is 3.39. The third-order valence-electron chi connectivity index (χ3n) is 5.96. The predicted octanol–water partition coefficient (Wildman–Crippen LogP) is 4.07. The number of aliphatic imine (C=N–C) groups is 1. The first-order valence-corrected chi connectivity index (χ1v) is 10.6. The van der Waals surface area contributed by atoms with Crippen molar-refractivity contribution in [3.8, 4) is 11.1 Å². The summed E-state index contributed by atoms with van der Waals surface area (Å²) in [5.41, 5.74) is 13.0. The lowest BCUT2D eigenvalue weighted by molar-refractivity contribution is 0.0761. The topological polar surface area (TPSA) is 91.8 Å². The van der Waals surface area contributed by atoms with E-state index in [0.29, 0.717) is 30.0 Å². The molecule has 3 N–H and O–H groups in total. The first-order chi connectivity index (χ1) is 15.2. The Kier molecular flexibility index (Phi) is 5.57. The van der Waals surface area contributed by atoms with Crippen LogP contribution >= 0.6 is 0 Å². The first-order valence-electron chi connectivity index (χ1n) is 10.6. The van der Waals surface area contributed by atoms with Gasteiger partial charge in [0.1, 0.15) is 5.69 Å². The van der Waals surface area contributed by atoms with E-state index < -0.39 is 5.60 Å². The average molecular weight is 429 g/mol. The Labute approximate surface area is 188 Å². The van der Waals surface area contributed by atoms with Crippen LogP contribution in [0.15, 0.2) is 53.7 Å². The number of carbonyl (C=O) groups is 1. The number of aromatic nitrogens is 1. The fourth-order valence-corrected chi connectivity index (χ4v) is 4.25. The summed E-state index contributed by atoms with van der Waals surface area (Å²) >= 11 is 0. The third-order valence-corrected chi connectivity index (χ3v) is 5.96. The average Bonchev–Trinajstić information content (AvgIpc) is 3.06. The van der Waals surface area contributed by atoms with Crippen molar-refractivity contribution in [2.24, 2.45) is 4.99 Å². The molecule has 0 unspecified atom stereocenters. The van der Waals surface area contributed by atoms with Crippen molar-refractivity contribution in [1.29, 1.82) is 0 Å². The molecule has 3 aromatic rings. The van der Waals surface area contributed by atoms with E-state index in [1.54, 1.807) is 33.3 Å². The highest BCUT2D eigenvalue weighted by molar-refractivity contribution is 5.98. The maximum absolute atomic E-state index is 12.7. The lowest BCUT2D eigenvalue weighted by Crippen LogP contribution is -2.24. The molecule has 6 nitrogen and oxygen atoms in total. The summed E-state index contributed by atoms with van der Waals surface area (Å²) in [5, 5.41) is 10.5. The monoisotopic (exact) mass is 428 g/mol. The summed E-state index contributed by atoms with van der Waals surface area (Å²) < 4.78 is 0. The molecule has 0 aliphatic carbocycles. The van der Waals surface area contributed by atoms with Gasteiger partial charge in [-0.2, -0.15) is 0 Å². The molecule has 0 fully saturated rings. The van der Waals surface area contributed by atoms with Crippen molar-refractivity contribution in [2.75, 3.05) is 12.8 Å². The van der Waals surface area contributed by atoms with Crippen LogP contribution in [0, 0.1) is 6.92 Å². The van der Waals surface area contributed by atoms with Gasteiger partial charge in [-0.3, -0.25) is 14.8 Å². The second-order valence-electron chi connectivity index (χ2n) is 8.75. The van der Waals surface area contributed by atoms with Crippen LogP contribution in [0.3, 0.4) is 0 Å². The Morgan fingerprint density at radius 2 is 2.03 bits per heavy atom. The minimum Gasteiger partial charge on any atom is -0.398 e. The number of pyridine rings is 1. The van der Waals surface area contributed by atoms with Crippen LogP contribution in [0.25, 0.3) is 11.1 Å². The second kappa shape index (κ2) is 8.20. The molecule has 0 spiro atoms. The number of anilines is 1. The van der Waals surface area contributed by atoms with Crippen molar-refractivity contribution in [2.45, 2.75) is 39.5 Å². The summed E-state index contributed by atoms with van der Waals surface area (Å²) in [6.45, 7) is 6.60. The highest BCUT2D eigenvalue weighted by atomic mass is 16.3. The molecule has 32 heavy (non-hydrogen) atoms. The number of benzene rings is 2. The van der Waals surface area contributed by atoms with Gasteiger partial charge in [0, 0.05) is 54.9 Å². The van der Waals surface area contributed by atoms with Gasteiger partial charge in [0.2, 0.25) is 0 Å². The van der Waals surface area contributed by atoms with Crippen LogP contribution in [0.1, 0.15) is 52.2 Å². The molecule has 0 saturated carbocycles. The van der Waals surface area contributed by atoms with E-state index in [4.69, 9.17) is 5.73 Å². The van der Waals surface area contributed by atoms with Crippen molar-refractivity contribution in [3.63, 3.8) is 0 Å². The van der Waals surface area contributed by atoms with Gasteiger partial charge in [-0.25, -0.2) is 0 Å². The normalized spacial score (nSPS) is 13.8. The molecule has 0 radical (unpaired) electrons. The second-order valence-corrected chi connectivity index (χ2v) is 8.75. The van der Waals surface area contributed by atoms with Gasteiger partial charge in [0.25, 0.3) is 5.91 Å². The van der Waals surface area contributed by atoms with Gasteiger partial charge in [-0.05, 0) is 49.1 Å². The van der Waals surface area contributed by atoms with E-state index in [2.05, 4.69) is 22.1 Å². The standard InChI is InChI=1S/C26H28N4O2/c1-16-12-17(20-9-10-22(26(2,3)32)23(27)21(20)13-28-4)7-8-18(16)14-30-15-19-6-5-11-29-24(19)25(30)31/h5-13,32H,14-15,27H2,1-4H3. The quantitative estimate of drug-likeness (QED) is 0.473. The zero-order valence-corrected chi connectivity index (χ0v) is 18.9. The van der Waals surface area contributed by atoms with Gasteiger partial charge in [0.05, 0.1) is 5.60 Å². The number of fused-ring (bicyclic) bond motifs is 1. The lowest BCUT2D eigenvalue weighted by atomic mass is 9.89. The zero-order chi connectivity index (χ0) is 23.0. The zero-order valence-electron chi connectivity index (χ0n) is 18.9. The fourth-order valence-electron chi connectivity index (χ4n) is 4.25. The van der Waals surface area contributed by atoms with E-state index >= 15 is 0 Å². The molecular formula is C26H28N4O2. The maximum atomic E-state index is 12.7. The summed E-state index contributed by atoms with van der Waals surface area (Å²) in [4.78, 5) is 22.9. The molecule has 0 bridgehead atoms. The van der Waals surface area contributed by atoms with Gasteiger partial charge in [-0.1, -0.05) is 36.4 Å². The highest BCUT2D eigenvalue weighted by Gasteiger charge is 2.28. The van der Waals surface area contributed by atoms with Crippen molar-refractivity contribution in [1.82, 2.24) is 9.88 Å². The predicted molar refractivity (Wildman–Crippen MR) is 128 cm³/mol. The molecule has 0 atom stereocenters. The van der Waals surface area contributed by atoms with Crippen LogP contribution < -0.4 is 5.73 Å². The third kappa shape index (κ3) is 3.89. The molecule has 2 heterocycles. The van der Waals surface area contributed by atoms with Crippen molar-refractivity contribution in [3.05, 3.63) is 82.2 Å². The summed E-state index contributed by atoms with van der Waals surface area (Å²) in [7, 11) is 1.70. The smallest absolute Gasteiger partial charge is 0.273 e. The van der Waals surface area contributed by atoms with E-state index in [1.807, 2.05) is 42.2 Å². The molecule has 1 aliphatic heterocycles. The number of carbonyl (C=O) groups excluding carboxylic acids is 1. The van der Waals surface area contributed by atoms with Crippen LogP contribution in [-0.2, 0) is 18.7 Å². The number of nitrogens with two attached hydrogens (primary N) is 1. The molecule has 1 amide bonds. The minimum absolute atomic E-state index is 0.0273. The number of aliphatic hydroxyl groups is 1. The number of amides is 1. The number of hydrogen-bond donors (Lipinski definition) is 2. The lowest BCUT2D eigenvalue weighted by Gasteiger charge is -2.23. The fraction of sp³-hybridized carbons (Fsp3) is 0.269. The van der Waals surface area contributed by atoms with Crippen LogP contribution in [0.5, 0.6) is 0 Å². The molecule has 4 rings (SSSR count). The van der Waals surface area contributed by atoms with Crippen molar-refractivity contribution < 1.29 is 9.90 Å². The van der Waals surface area contributed by atoms with E-state index in [9.17, 15) is 9.90 Å². The Balaban J connectivity index is 1.66. The molecular weight excluding hydrogens is 400 g/mol. The Morgan fingerprint density at radius 3 is 2.69 bits per heavy atom. The molecule has 164 valence electrons. The first kappa shape index (κ1) is 21.7. The van der Waals surface area contributed by atoms with Gasteiger partial charge in [0.15, 0.2) is 0 Å². The summed E-state index contributed by atoms with van der Waals surface area (Å²) in [6, 6.07) is 13.9. The molecule has 0 saturated heterocycles. The molecule has 1 aliphatic rings. The van der Waals surface area contributed by atoms with Crippen LogP contribution in [-0.4, -0.2) is 34.2 Å². The highest BCUT2D eigenvalue weighted by Crippen LogP contribution is 2.35. The largest absolute Gasteiger partial charge is 0.398 e.